The Morgan fingerprint density at radius 1 is 0.635 bits per heavy atom. The number of quaternary nitrogens is 1. The van der Waals surface area contributed by atoms with Gasteiger partial charge in [0, 0.05) is 6.42 Å². The van der Waals surface area contributed by atoms with Crippen LogP contribution in [0.4, 0.5) is 0 Å². The van der Waals surface area contributed by atoms with Crippen molar-refractivity contribution in [2.24, 2.45) is 0 Å². The normalized spacial score (nSPS) is 14.7. The van der Waals surface area contributed by atoms with Crippen LogP contribution in [0.15, 0.2) is 24.3 Å². The number of hydrogen-bond donors (Lipinski definition) is 3. The van der Waals surface area contributed by atoms with Crippen molar-refractivity contribution < 1.29 is 32.9 Å². The van der Waals surface area contributed by atoms with E-state index in [9.17, 15) is 19.4 Å². The van der Waals surface area contributed by atoms with Crippen LogP contribution in [0.2, 0.25) is 0 Å². The summed E-state index contributed by atoms with van der Waals surface area (Å²) in [7, 11) is 1.57. The minimum absolute atomic E-state index is 0.0609. The van der Waals surface area contributed by atoms with Gasteiger partial charge in [-0.05, 0) is 44.9 Å². The number of aliphatic hydroxyl groups is 1. The third-order valence-corrected chi connectivity index (χ3v) is 10.6. The van der Waals surface area contributed by atoms with Crippen LogP contribution in [0.1, 0.15) is 194 Å². The quantitative estimate of drug-likeness (QED) is 0.0250. The van der Waals surface area contributed by atoms with Crippen LogP contribution in [0.5, 0.6) is 0 Å². The number of nitrogens with zero attached hydrogens (tertiary/aromatic N) is 1. The summed E-state index contributed by atoms with van der Waals surface area (Å²) in [6, 6.07) is -0.846. The minimum Gasteiger partial charge on any atom is -0.387 e. The van der Waals surface area contributed by atoms with Crippen LogP contribution in [0.3, 0.4) is 0 Å². The fraction of sp³-hybridized carbons (Fsp3) is 0.884. The molecule has 0 rings (SSSR count). The molecule has 0 radical (unpaired) electrons. The number of hydrogen-bond acceptors (Lipinski definition) is 5. The average molecular weight is 758 g/mol. The number of phosphoric ester groups is 1. The highest BCUT2D eigenvalue weighted by Gasteiger charge is 2.27. The number of carbonyl (C=O) groups excluding carboxylic acids is 1. The van der Waals surface area contributed by atoms with Gasteiger partial charge in [0.1, 0.15) is 13.2 Å². The fourth-order valence-corrected chi connectivity index (χ4v) is 6.89. The van der Waals surface area contributed by atoms with Crippen LogP contribution < -0.4 is 5.32 Å². The van der Waals surface area contributed by atoms with Gasteiger partial charge in [-0.25, -0.2) is 4.57 Å². The Labute approximate surface area is 322 Å². The van der Waals surface area contributed by atoms with Crippen LogP contribution >= 0.6 is 7.82 Å². The van der Waals surface area contributed by atoms with E-state index in [0.29, 0.717) is 17.4 Å². The highest BCUT2D eigenvalue weighted by atomic mass is 31.2. The second-order valence-corrected chi connectivity index (χ2v) is 17.5. The van der Waals surface area contributed by atoms with Crippen LogP contribution in [0.25, 0.3) is 0 Å². The van der Waals surface area contributed by atoms with Crippen molar-refractivity contribution in [2.45, 2.75) is 206 Å². The average Bonchev–Trinajstić information content (AvgIpc) is 3.09. The Morgan fingerprint density at radius 2 is 1.04 bits per heavy atom. The van der Waals surface area contributed by atoms with E-state index in [0.717, 1.165) is 51.4 Å². The molecule has 0 bridgehead atoms. The van der Waals surface area contributed by atoms with Gasteiger partial charge < -0.3 is 19.8 Å². The standard InChI is InChI=1S/C43H85N2O6P/c1-6-8-10-12-14-16-18-20-22-23-24-26-28-30-32-34-36-42(46)41(40-51-52(48,49)50-39-38-45(3,4)5)44-43(47)37-35-33-31-29-27-25-21-19-17-15-13-11-9-7-2/h19,21,34,36,41-42,46H,6-18,20,22-33,35,37-40H2,1-5H3,(H-,44,47,48,49)/p+1/b21-19+,36-34+/t41-,42+/m0/s1. The summed E-state index contributed by atoms with van der Waals surface area (Å²) in [6.45, 7) is 4.79. The number of allylic oxidation sites excluding steroid dienone is 3. The van der Waals surface area contributed by atoms with Gasteiger partial charge in [0.05, 0.1) is 39.9 Å². The Morgan fingerprint density at radius 3 is 1.48 bits per heavy atom. The summed E-state index contributed by atoms with van der Waals surface area (Å²) in [6.07, 6.45) is 40.9. The van der Waals surface area contributed by atoms with Crippen molar-refractivity contribution >= 4 is 13.7 Å². The lowest BCUT2D eigenvalue weighted by Gasteiger charge is -2.25. The van der Waals surface area contributed by atoms with Gasteiger partial charge in [0.2, 0.25) is 5.91 Å². The molecule has 1 unspecified atom stereocenters. The molecule has 0 aliphatic carbocycles. The summed E-state index contributed by atoms with van der Waals surface area (Å²) in [5.41, 5.74) is 0. The van der Waals surface area contributed by atoms with E-state index in [1.165, 1.54) is 122 Å². The zero-order valence-electron chi connectivity index (χ0n) is 34.8. The first-order valence-corrected chi connectivity index (χ1v) is 23.2. The second-order valence-electron chi connectivity index (χ2n) is 16.1. The Kier molecular flexibility index (Phi) is 35.0. The monoisotopic (exact) mass is 758 g/mol. The summed E-state index contributed by atoms with van der Waals surface area (Å²) in [5.74, 6) is -0.186. The number of carbonyl (C=O) groups is 1. The Bertz CT molecular complexity index is 907. The van der Waals surface area contributed by atoms with Crippen molar-refractivity contribution in [1.29, 1.82) is 0 Å². The van der Waals surface area contributed by atoms with Gasteiger partial charge in [-0.15, -0.1) is 0 Å². The van der Waals surface area contributed by atoms with E-state index in [4.69, 9.17) is 9.05 Å². The summed E-state index contributed by atoms with van der Waals surface area (Å²) in [5, 5.41) is 13.8. The number of amides is 1. The molecule has 0 fully saturated rings. The molecule has 308 valence electrons. The molecule has 0 aromatic heterocycles. The summed E-state index contributed by atoms with van der Waals surface area (Å²) < 4.78 is 23.5. The van der Waals surface area contributed by atoms with E-state index in [2.05, 4.69) is 31.3 Å². The van der Waals surface area contributed by atoms with Crippen molar-refractivity contribution in [2.75, 3.05) is 40.9 Å². The van der Waals surface area contributed by atoms with Crippen molar-refractivity contribution in [3.63, 3.8) is 0 Å². The number of rotatable bonds is 39. The minimum atomic E-state index is -4.33. The maximum atomic E-state index is 12.8. The molecule has 0 saturated heterocycles. The molecule has 0 heterocycles. The molecule has 0 aromatic carbocycles. The second kappa shape index (κ2) is 35.7. The van der Waals surface area contributed by atoms with Crippen LogP contribution in [-0.2, 0) is 18.4 Å². The number of phosphoric acid groups is 1. The molecule has 9 heteroatoms. The highest BCUT2D eigenvalue weighted by molar-refractivity contribution is 7.47. The lowest BCUT2D eigenvalue weighted by atomic mass is 10.0. The zero-order chi connectivity index (χ0) is 38.6. The molecular formula is C43H86N2O6P+. The van der Waals surface area contributed by atoms with Gasteiger partial charge in [0.25, 0.3) is 0 Å². The predicted molar refractivity (Wildman–Crippen MR) is 221 cm³/mol. The van der Waals surface area contributed by atoms with Crippen molar-refractivity contribution in [1.82, 2.24) is 5.32 Å². The topological polar surface area (TPSA) is 105 Å². The summed E-state index contributed by atoms with van der Waals surface area (Å²) in [4.78, 5) is 23.1. The van der Waals surface area contributed by atoms with Gasteiger partial charge in [-0.2, -0.15) is 0 Å². The van der Waals surface area contributed by atoms with E-state index in [-0.39, 0.29) is 19.1 Å². The van der Waals surface area contributed by atoms with E-state index in [1.807, 2.05) is 27.2 Å². The fourth-order valence-electron chi connectivity index (χ4n) is 6.15. The molecular weight excluding hydrogens is 671 g/mol. The Hall–Kier alpha value is -1.02. The lowest BCUT2D eigenvalue weighted by molar-refractivity contribution is -0.870. The number of unbranched alkanes of at least 4 members (excludes halogenated alkanes) is 24. The smallest absolute Gasteiger partial charge is 0.387 e. The third kappa shape index (κ3) is 37.3. The molecule has 0 aliphatic heterocycles. The molecule has 0 saturated carbocycles. The lowest BCUT2D eigenvalue weighted by Crippen LogP contribution is -2.45. The maximum absolute atomic E-state index is 12.8. The highest BCUT2D eigenvalue weighted by Crippen LogP contribution is 2.43. The Balaban J connectivity index is 4.46. The number of nitrogens with one attached hydrogen (secondary N) is 1. The molecule has 3 N–H and O–H groups in total. The van der Waals surface area contributed by atoms with E-state index >= 15 is 0 Å². The predicted octanol–water partition coefficient (Wildman–Crippen LogP) is 11.7. The van der Waals surface area contributed by atoms with Crippen molar-refractivity contribution in [3.05, 3.63) is 24.3 Å². The van der Waals surface area contributed by atoms with Gasteiger partial charge in [0.15, 0.2) is 0 Å². The molecule has 8 nitrogen and oxygen atoms in total. The van der Waals surface area contributed by atoms with Gasteiger partial charge in [-0.3, -0.25) is 13.8 Å². The SMILES string of the molecule is CCCCCCC/C=C/CCCCCCCC(=O)N[C@@H](COP(=O)(O)OCC[N+](C)(C)C)[C@H](O)/C=C/CCCCCCCCCCCCCCCC. The van der Waals surface area contributed by atoms with Gasteiger partial charge >= 0.3 is 7.82 Å². The molecule has 0 spiro atoms. The number of likely N-dealkylation sites (N-methyl/N-ethyl adjacent to an activating group) is 1. The number of aliphatic hydroxyl groups excluding tert-OH is 1. The van der Waals surface area contributed by atoms with E-state index in [1.54, 1.807) is 6.08 Å². The molecule has 1 amide bonds. The first kappa shape index (κ1) is 51.0. The van der Waals surface area contributed by atoms with E-state index < -0.39 is 20.0 Å². The largest absolute Gasteiger partial charge is 0.472 e. The first-order chi connectivity index (χ1) is 25.0. The van der Waals surface area contributed by atoms with Gasteiger partial charge in [-0.1, -0.05) is 167 Å². The molecule has 0 aliphatic rings. The first-order valence-electron chi connectivity index (χ1n) is 21.7. The van der Waals surface area contributed by atoms with Crippen LogP contribution in [0, 0.1) is 0 Å². The summed E-state index contributed by atoms with van der Waals surface area (Å²) >= 11 is 0. The zero-order valence-corrected chi connectivity index (χ0v) is 35.7. The third-order valence-electron chi connectivity index (χ3n) is 9.67. The molecule has 52 heavy (non-hydrogen) atoms. The van der Waals surface area contributed by atoms with Crippen molar-refractivity contribution in [3.8, 4) is 0 Å². The van der Waals surface area contributed by atoms with Crippen LogP contribution in [-0.4, -0.2) is 73.4 Å². The molecule has 0 aromatic rings. The molecule has 3 atom stereocenters. The maximum Gasteiger partial charge on any atom is 0.472 e.